The Morgan fingerprint density at radius 3 is 2.85 bits per heavy atom. The fourth-order valence-electron chi connectivity index (χ4n) is 1.92. The molecule has 0 saturated carbocycles. The molecule has 20 heavy (non-hydrogen) atoms. The predicted octanol–water partition coefficient (Wildman–Crippen LogP) is 2.95. The number of methoxy groups -OCH3 is 1. The van der Waals surface area contributed by atoms with E-state index in [9.17, 15) is 0 Å². The first-order chi connectivity index (χ1) is 9.72. The quantitative estimate of drug-likeness (QED) is 0.797. The predicted molar refractivity (Wildman–Crippen MR) is 82.4 cm³/mol. The summed E-state index contributed by atoms with van der Waals surface area (Å²) in [5.41, 5.74) is 2.29. The Kier molecular flexibility index (Phi) is 5.49. The van der Waals surface area contributed by atoms with Crippen LogP contribution >= 0.6 is 11.3 Å². The van der Waals surface area contributed by atoms with Crippen molar-refractivity contribution in [1.82, 2.24) is 15.3 Å². The summed E-state index contributed by atoms with van der Waals surface area (Å²) in [4.78, 5) is 10.2. The van der Waals surface area contributed by atoms with Gasteiger partial charge in [-0.3, -0.25) is 0 Å². The molecule has 0 aromatic carbocycles. The molecule has 0 aliphatic carbocycles. The number of ether oxygens (including phenoxy) is 1. The van der Waals surface area contributed by atoms with Crippen LogP contribution in [0.5, 0.6) is 5.88 Å². The van der Waals surface area contributed by atoms with Crippen LogP contribution in [-0.2, 0) is 13.0 Å². The van der Waals surface area contributed by atoms with E-state index < -0.39 is 0 Å². The topological polar surface area (TPSA) is 47.0 Å². The summed E-state index contributed by atoms with van der Waals surface area (Å²) in [6, 6.07) is 3.93. The number of pyridine rings is 1. The Bertz CT molecular complexity index is 537. The summed E-state index contributed by atoms with van der Waals surface area (Å²) in [5, 5.41) is 4.57. The van der Waals surface area contributed by atoms with Gasteiger partial charge < -0.3 is 10.1 Å². The SMILES string of the molecule is CCCNCc1sc(Cc2ccc(OC)nc2)nc1C. The summed E-state index contributed by atoms with van der Waals surface area (Å²) in [6.45, 7) is 6.22. The van der Waals surface area contributed by atoms with Gasteiger partial charge in [-0.1, -0.05) is 13.0 Å². The van der Waals surface area contributed by atoms with Crippen molar-refractivity contribution >= 4 is 11.3 Å². The summed E-state index contributed by atoms with van der Waals surface area (Å²) >= 11 is 1.78. The van der Waals surface area contributed by atoms with Crippen molar-refractivity contribution in [3.05, 3.63) is 39.5 Å². The number of thiazole rings is 1. The lowest BCUT2D eigenvalue weighted by atomic mass is 10.2. The van der Waals surface area contributed by atoms with Crippen molar-refractivity contribution in [3.8, 4) is 5.88 Å². The van der Waals surface area contributed by atoms with E-state index in [1.807, 2.05) is 18.3 Å². The number of aryl methyl sites for hydroxylation is 1. The molecule has 2 aromatic rings. The number of hydrogen-bond acceptors (Lipinski definition) is 5. The van der Waals surface area contributed by atoms with Crippen molar-refractivity contribution in [2.75, 3.05) is 13.7 Å². The van der Waals surface area contributed by atoms with Gasteiger partial charge in [-0.05, 0) is 25.5 Å². The Labute approximate surface area is 124 Å². The molecular formula is C15H21N3OS. The van der Waals surface area contributed by atoms with Gasteiger partial charge in [-0.2, -0.15) is 0 Å². The highest BCUT2D eigenvalue weighted by molar-refractivity contribution is 7.11. The third-order valence-electron chi connectivity index (χ3n) is 3.01. The molecule has 0 amide bonds. The van der Waals surface area contributed by atoms with Gasteiger partial charge in [0.2, 0.25) is 5.88 Å². The Hall–Kier alpha value is -1.46. The minimum atomic E-state index is 0.647. The monoisotopic (exact) mass is 291 g/mol. The van der Waals surface area contributed by atoms with Gasteiger partial charge in [0.15, 0.2) is 0 Å². The second-order valence-electron chi connectivity index (χ2n) is 4.68. The molecule has 2 heterocycles. The second-order valence-corrected chi connectivity index (χ2v) is 5.85. The standard InChI is InChI=1S/C15H21N3OS/c1-4-7-16-10-13-11(2)18-15(20-13)8-12-5-6-14(19-3)17-9-12/h5-6,9,16H,4,7-8,10H2,1-3H3. The van der Waals surface area contributed by atoms with Crippen molar-refractivity contribution < 1.29 is 4.74 Å². The van der Waals surface area contributed by atoms with E-state index in [2.05, 4.69) is 29.1 Å². The molecule has 0 aliphatic rings. The van der Waals surface area contributed by atoms with E-state index in [-0.39, 0.29) is 0 Å². The highest BCUT2D eigenvalue weighted by atomic mass is 32.1. The van der Waals surface area contributed by atoms with Gasteiger partial charge in [0, 0.05) is 30.1 Å². The molecule has 2 rings (SSSR count). The van der Waals surface area contributed by atoms with Gasteiger partial charge in [0.05, 0.1) is 17.8 Å². The van der Waals surface area contributed by atoms with Crippen LogP contribution in [-0.4, -0.2) is 23.6 Å². The first kappa shape index (κ1) is 14.9. The molecule has 0 unspecified atom stereocenters. The fraction of sp³-hybridized carbons (Fsp3) is 0.467. The second kappa shape index (κ2) is 7.36. The van der Waals surface area contributed by atoms with E-state index in [1.165, 1.54) is 4.88 Å². The Morgan fingerprint density at radius 1 is 1.35 bits per heavy atom. The third-order valence-corrected chi connectivity index (χ3v) is 4.17. The maximum atomic E-state index is 5.07. The summed E-state index contributed by atoms with van der Waals surface area (Å²) < 4.78 is 5.07. The number of hydrogen-bond donors (Lipinski definition) is 1. The lowest BCUT2D eigenvalue weighted by Gasteiger charge is -2.00. The van der Waals surface area contributed by atoms with Crippen LogP contribution in [0.1, 0.15) is 34.5 Å². The fourth-order valence-corrected chi connectivity index (χ4v) is 2.99. The third kappa shape index (κ3) is 4.02. The van der Waals surface area contributed by atoms with E-state index in [0.717, 1.165) is 42.2 Å². The number of rotatable bonds is 7. The molecule has 0 fully saturated rings. The molecule has 0 atom stereocenters. The molecule has 0 aliphatic heterocycles. The maximum Gasteiger partial charge on any atom is 0.212 e. The lowest BCUT2D eigenvalue weighted by molar-refractivity contribution is 0.397. The van der Waals surface area contributed by atoms with Crippen LogP contribution < -0.4 is 10.1 Å². The van der Waals surface area contributed by atoms with Gasteiger partial charge in [0.1, 0.15) is 0 Å². The highest BCUT2D eigenvalue weighted by Gasteiger charge is 2.08. The zero-order valence-electron chi connectivity index (χ0n) is 12.3. The molecule has 4 nitrogen and oxygen atoms in total. The minimum Gasteiger partial charge on any atom is -0.481 e. The van der Waals surface area contributed by atoms with Crippen molar-refractivity contribution in [2.24, 2.45) is 0 Å². The van der Waals surface area contributed by atoms with E-state index >= 15 is 0 Å². The zero-order valence-corrected chi connectivity index (χ0v) is 13.1. The smallest absolute Gasteiger partial charge is 0.212 e. The minimum absolute atomic E-state index is 0.647. The van der Waals surface area contributed by atoms with Crippen LogP contribution in [0.3, 0.4) is 0 Å². The first-order valence-electron chi connectivity index (χ1n) is 6.87. The van der Waals surface area contributed by atoms with E-state index in [0.29, 0.717) is 5.88 Å². The van der Waals surface area contributed by atoms with E-state index in [4.69, 9.17) is 4.74 Å². The zero-order chi connectivity index (χ0) is 14.4. The van der Waals surface area contributed by atoms with E-state index in [1.54, 1.807) is 18.4 Å². The van der Waals surface area contributed by atoms with Crippen molar-refractivity contribution in [3.63, 3.8) is 0 Å². The van der Waals surface area contributed by atoms with Crippen LogP contribution in [0.2, 0.25) is 0 Å². The molecule has 0 spiro atoms. The average molecular weight is 291 g/mol. The van der Waals surface area contributed by atoms with Gasteiger partial charge >= 0.3 is 0 Å². The van der Waals surface area contributed by atoms with Crippen LogP contribution in [0, 0.1) is 6.92 Å². The Balaban J connectivity index is 2.00. The van der Waals surface area contributed by atoms with Crippen molar-refractivity contribution in [1.29, 1.82) is 0 Å². The number of nitrogens with one attached hydrogen (secondary N) is 1. The molecule has 0 saturated heterocycles. The first-order valence-corrected chi connectivity index (χ1v) is 7.69. The highest BCUT2D eigenvalue weighted by Crippen LogP contribution is 2.21. The molecule has 0 radical (unpaired) electrons. The Morgan fingerprint density at radius 2 is 2.20 bits per heavy atom. The molecule has 108 valence electrons. The average Bonchev–Trinajstić information content (AvgIpc) is 2.80. The van der Waals surface area contributed by atoms with Crippen molar-refractivity contribution in [2.45, 2.75) is 33.2 Å². The van der Waals surface area contributed by atoms with Crippen LogP contribution in [0.15, 0.2) is 18.3 Å². The number of aromatic nitrogens is 2. The summed E-state index contributed by atoms with van der Waals surface area (Å²) in [6.07, 6.45) is 3.84. The normalized spacial score (nSPS) is 10.8. The molecular weight excluding hydrogens is 270 g/mol. The summed E-state index contributed by atoms with van der Waals surface area (Å²) in [5.74, 6) is 0.647. The van der Waals surface area contributed by atoms with Crippen LogP contribution in [0.4, 0.5) is 0 Å². The van der Waals surface area contributed by atoms with Gasteiger partial charge in [-0.15, -0.1) is 11.3 Å². The molecule has 1 N–H and O–H groups in total. The summed E-state index contributed by atoms with van der Waals surface area (Å²) in [7, 11) is 1.63. The number of nitrogens with zero attached hydrogens (tertiary/aromatic N) is 2. The van der Waals surface area contributed by atoms with Gasteiger partial charge in [-0.25, -0.2) is 9.97 Å². The van der Waals surface area contributed by atoms with Gasteiger partial charge in [0.25, 0.3) is 0 Å². The molecule has 0 bridgehead atoms. The van der Waals surface area contributed by atoms with Crippen LogP contribution in [0.25, 0.3) is 0 Å². The maximum absolute atomic E-state index is 5.07. The molecule has 2 aromatic heterocycles. The largest absolute Gasteiger partial charge is 0.481 e. The molecule has 5 heteroatoms. The lowest BCUT2D eigenvalue weighted by Crippen LogP contribution is -2.13.